The van der Waals surface area contributed by atoms with Gasteiger partial charge in [-0.3, -0.25) is 4.98 Å². The highest BCUT2D eigenvalue weighted by molar-refractivity contribution is 5.83. The highest BCUT2D eigenvalue weighted by Gasteiger charge is 2.20. The lowest BCUT2D eigenvalue weighted by atomic mass is 10.0. The predicted molar refractivity (Wildman–Crippen MR) is 71.6 cm³/mol. The number of aromatic hydroxyl groups is 1. The number of phenols is 1. The predicted octanol–water partition coefficient (Wildman–Crippen LogP) is 1.52. The highest BCUT2D eigenvalue weighted by Crippen LogP contribution is 2.26. The van der Waals surface area contributed by atoms with Gasteiger partial charge in [0.05, 0.1) is 5.52 Å². The molecule has 0 amide bonds. The standard InChI is InChI=1S/C14H17N3O/c1-17-7-6-16-14(9-17)12-4-5-15-13-8-10(18)2-3-11(12)13/h2-5,8,14,16,18H,6-7,9H2,1H3. The Balaban J connectivity index is 2.05. The number of benzene rings is 1. The number of hydrogen-bond acceptors (Lipinski definition) is 4. The van der Waals surface area contributed by atoms with Crippen LogP contribution in [0, 0.1) is 0 Å². The number of phenolic OH excluding ortho intramolecular Hbond substituents is 1. The average molecular weight is 243 g/mol. The minimum atomic E-state index is 0.265. The average Bonchev–Trinajstić information content (AvgIpc) is 2.37. The van der Waals surface area contributed by atoms with E-state index in [9.17, 15) is 5.11 Å². The molecule has 2 N–H and O–H groups in total. The van der Waals surface area contributed by atoms with Crippen molar-refractivity contribution in [2.45, 2.75) is 6.04 Å². The van der Waals surface area contributed by atoms with Crippen molar-refractivity contribution in [2.24, 2.45) is 0 Å². The molecule has 1 saturated heterocycles. The van der Waals surface area contributed by atoms with Crippen molar-refractivity contribution in [3.63, 3.8) is 0 Å². The fourth-order valence-electron chi connectivity index (χ4n) is 2.57. The molecule has 4 nitrogen and oxygen atoms in total. The van der Waals surface area contributed by atoms with Gasteiger partial charge >= 0.3 is 0 Å². The fourth-order valence-corrected chi connectivity index (χ4v) is 2.57. The lowest BCUT2D eigenvalue weighted by Gasteiger charge is -2.31. The Morgan fingerprint density at radius 2 is 2.28 bits per heavy atom. The van der Waals surface area contributed by atoms with Crippen molar-refractivity contribution in [3.05, 3.63) is 36.0 Å². The number of nitrogens with zero attached hydrogens (tertiary/aromatic N) is 2. The van der Waals surface area contributed by atoms with Crippen LogP contribution in [0.25, 0.3) is 10.9 Å². The van der Waals surface area contributed by atoms with E-state index in [1.54, 1.807) is 12.1 Å². The van der Waals surface area contributed by atoms with Crippen LogP contribution in [0.3, 0.4) is 0 Å². The Bertz CT molecular complexity index is 570. The molecule has 1 atom stereocenters. The smallest absolute Gasteiger partial charge is 0.117 e. The van der Waals surface area contributed by atoms with Crippen LogP contribution < -0.4 is 5.32 Å². The third-order valence-electron chi connectivity index (χ3n) is 3.51. The number of fused-ring (bicyclic) bond motifs is 1. The maximum atomic E-state index is 9.51. The first-order valence-electron chi connectivity index (χ1n) is 6.23. The Morgan fingerprint density at radius 1 is 1.39 bits per heavy atom. The summed E-state index contributed by atoms with van der Waals surface area (Å²) in [4.78, 5) is 6.64. The van der Waals surface area contributed by atoms with Crippen molar-refractivity contribution >= 4 is 10.9 Å². The minimum Gasteiger partial charge on any atom is -0.508 e. The summed E-state index contributed by atoms with van der Waals surface area (Å²) in [6.07, 6.45) is 1.81. The molecule has 1 fully saturated rings. The van der Waals surface area contributed by atoms with E-state index in [0.29, 0.717) is 6.04 Å². The number of pyridine rings is 1. The summed E-state index contributed by atoms with van der Waals surface area (Å²) in [5, 5.41) is 14.2. The number of likely N-dealkylation sites (N-methyl/N-ethyl adjacent to an activating group) is 1. The van der Waals surface area contributed by atoms with Crippen molar-refractivity contribution in [1.29, 1.82) is 0 Å². The maximum absolute atomic E-state index is 9.51. The number of rotatable bonds is 1. The zero-order valence-corrected chi connectivity index (χ0v) is 10.4. The van der Waals surface area contributed by atoms with Gasteiger partial charge in [0, 0.05) is 43.3 Å². The molecule has 0 saturated carbocycles. The maximum Gasteiger partial charge on any atom is 0.117 e. The third-order valence-corrected chi connectivity index (χ3v) is 3.51. The molecule has 3 rings (SSSR count). The molecule has 4 heteroatoms. The molecule has 2 aromatic rings. The van der Waals surface area contributed by atoms with E-state index >= 15 is 0 Å². The summed E-state index contributed by atoms with van der Waals surface area (Å²) in [6, 6.07) is 7.78. The monoisotopic (exact) mass is 243 g/mol. The van der Waals surface area contributed by atoms with E-state index in [-0.39, 0.29) is 5.75 Å². The van der Waals surface area contributed by atoms with Gasteiger partial charge in [0.2, 0.25) is 0 Å². The van der Waals surface area contributed by atoms with Gasteiger partial charge in [-0.15, -0.1) is 0 Å². The highest BCUT2D eigenvalue weighted by atomic mass is 16.3. The summed E-state index contributed by atoms with van der Waals surface area (Å²) in [6.45, 7) is 3.09. The first-order valence-corrected chi connectivity index (χ1v) is 6.23. The molecule has 1 aliphatic rings. The molecule has 1 aromatic heterocycles. The van der Waals surface area contributed by atoms with E-state index in [0.717, 1.165) is 30.5 Å². The van der Waals surface area contributed by atoms with Crippen molar-refractivity contribution in [3.8, 4) is 5.75 Å². The zero-order chi connectivity index (χ0) is 12.5. The number of nitrogens with one attached hydrogen (secondary N) is 1. The van der Waals surface area contributed by atoms with Gasteiger partial charge in [0.1, 0.15) is 5.75 Å². The first-order chi connectivity index (χ1) is 8.74. The second-order valence-corrected chi connectivity index (χ2v) is 4.87. The van der Waals surface area contributed by atoms with Gasteiger partial charge < -0.3 is 15.3 Å². The van der Waals surface area contributed by atoms with Crippen LogP contribution in [0.2, 0.25) is 0 Å². The van der Waals surface area contributed by atoms with Crippen molar-refractivity contribution in [2.75, 3.05) is 26.7 Å². The Labute approximate surface area is 106 Å². The molecule has 1 unspecified atom stereocenters. The largest absolute Gasteiger partial charge is 0.508 e. The Morgan fingerprint density at radius 3 is 3.11 bits per heavy atom. The lowest BCUT2D eigenvalue weighted by molar-refractivity contribution is 0.241. The normalized spacial score (nSPS) is 21.3. The van der Waals surface area contributed by atoms with Gasteiger partial charge in [-0.05, 0) is 30.8 Å². The number of hydrogen-bond donors (Lipinski definition) is 2. The van der Waals surface area contributed by atoms with Gasteiger partial charge in [0.15, 0.2) is 0 Å². The van der Waals surface area contributed by atoms with E-state index in [2.05, 4.69) is 28.3 Å². The fraction of sp³-hybridized carbons (Fsp3) is 0.357. The summed E-state index contributed by atoms with van der Waals surface area (Å²) >= 11 is 0. The SMILES string of the molecule is CN1CCNC(c2ccnc3cc(O)ccc23)C1. The van der Waals surface area contributed by atoms with Gasteiger partial charge in [-0.25, -0.2) is 0 Å². The third kappa shape index (κ3) is 2.05. The molecule has 0 spiro atoms. The lowest BCUT2D eigenvalue weighted by Crippen LogP contribution is -2.43. The van der Waals surface area contributed by atoms with Crippen LogP contribution in [-0.4, -0.2) is 41.7 Å². The van der Waals surface area contributed by atoms with Crippen molar-refractivity contribution < 1.29 is 5.11 Å². The van der Waals surface area contributed by atoms with Crippen LogP contribution >= 0.6 is 0 Å². The van der Waals surface area contributed by atoms with E-state index < -0.39 is 0 Å². The molecule has 18 heavy (non-hydrogen) atoms. The van der Waals surface area contributed by atoms with E-state index in [4.69, 9.17) is 0 Å². The molecule has 0 aliphatic carbocycles. The Kier molecular flexibility index (Phi) is 2.89. The Hall–Kier alpha value is -1.65. The van der Waals surface area contributed by atoms with Crippen LogP contribution in [0.5, 0.6) is 5.75 Å². The summed E-state index contributed by atoms with van der Waals surface area (Å²) < 4.78 is 0. The zero-order valence-electron chi connectivity index (χ0n) is 10.4. The molecular weight excluding hydrogens is 226 g/mol. The van der Waals surface area contributed by atoms with Gasteiger partial charge in [-0.1, -0.05) is 0 Å². The van der Waals surface area contributed by atoms with Gasteiger partial charge in [-0.2, -0.15) is 0 Å². The van der Waals surface area contributed by atoms with Crippen LogP contribution in [0.15, 0.2) is 30.5 Å². The van der Waals surface area contributed by atoms with E-state index in [1.807, 2.05) is 12.3 Å². The van der Waals surface area contributed by atoms with Crippen LogP contribution in [0.4, 0.5) is 0 Å². The number of piperazine rings is 1. The molecule has 0 radical (unpaired) electrons. The molecule has 2 heterocycles. The van der Waals surface area contributed by atoms with Crippen LogP contribution in [-0.2, 0) is 0 Å². The molecule has 94 valence electrons. The quantitative estimate of drug-likeness (QED) is 0.797. The molecule has 1 aromatic carbocycles. The van der Waals surface area contributed by atoms with Crippen LogP contribution in [0.1, 0.15) is 11.6 Å². The summed E-state index contributed by atoms with van der Waals surface area (Å²) in [5.41, 5.74) is 2.11. The molecule has 1 aliphatic heterocycles. The number of aromatic nitrogens is 1. The minimum absolute atomic E-state index is 0.265. The second kappa shape index (κ2) is 4.55. The summed E-state index contributed by atoms with van der Waals surface area (Å²) in [7, 11) is 2.14. The first kappa shape index (κ1) is 11.4. The second-order valence-electron chi connectivity index (χ2n) is 4.87. The summed E-state index contributed by atoms with van der Waals surface area (Å²) in [5.74, 6) is 0.265. The topological polar surface area (TPSA) is 48.4 Å². The molecular formula is C14H17N3O. The van der Waals surface area contributed by atoms with Gasteiger partial charge in [0.25, 0.3) is 0 Å². The van der Waals surface area contributed by atoms with E-state index in [1.165, 1.54) is 5.56 Å². The molecule has 0 bridgehead atoms. The van der Waals surface area contributed by atoms with Crippen molar-refractivity contribution in [1.82, 2.24) is 15.2 Å².